The number of fused-ring (bicyclic) bond motifs is 1. The molecule has 0 aliphatic carbocycles. The Kier molecular flexibility index (Phi) is 4.10. The van der Waals surface area contributed by atoms with Crippen LogP contribution in [-0.4, -0.2) is 46.8 Å². The molecule has 1 aromatic carbocycles. The minimum Gasteiger partial charge on any atom is -0.359 e. The van der Waals surface area contributed by atoms with Crippen LogP contribution >= 0.6 is 0 Å². The molecule has 7 heteroatoms. The highest BCUT2D eigenvalue weighted by atomic mass is 16.2. The summed E-state index contributed by atoms with van der Waals surface area (Å²) >= 11 is 0. The summed E-state index contributed by atoms with van der Waals surface area (Å²) < 4.78 is 0. The Hall–Kier alpha value is -2.70. The summed E-state index contributed by atoms with van der Waals surface area (Å²) in [5, 5.41) is 3.24. The van der Waals surface area contributed by atoms with Crippen molar-refractivity contribution < 1.29 is 9.59 Å². The van der Waals surface area contributed by atoms with Crippen LogP contribution in [0.25, 0.3) is 10.9 Å². The maximum atomic E-state index is 12.8. The Bertz CT molecular complexity index is 814. The number of aromatic amines is 1. The zero-order chi connectivity index (χ0) is 16.4. The van der Waals surface area contributed by atoms with Gasteiger partial charge >= 0.3 is 5.69 Å². The van der Waals surface area contributed by atoms with E-state index in [2.05, 4.69) is 15.3 Å². The number of likely N-dealkylation sites (tertiary alicyclic amines) is 1. The lowest BCUT2D eigenvalue weighted by atomic mass is 9.96. The zero-order valence-electron chi connectivity index (χ0n) is 12.8. The fourth-order valence-electron chi connectivity index (χ4n) is 3.00. The summed E-state index contributed by atoms with van der Waals surface area (Å²) in [6, 6.07) is 7.07. The third-order valence-corrected chi connectivity index (χ3v) is 4.17. The molecule has 120 valence electrons. The van der Waals surface area contributed by atoms with E-state index >= 15 is 0 Å². The maximum absolute atomic E-state index is 12.8. The van der Waals surface area contributed by atoms with Gasteiger partial charge in [-0.1, -0.05) is 18.2 Å². The molecule has 7 nitrogen and oxygen atoms in total. The number of rotatable bonds is 2. The van der Waals surface area contributed by atoms with Gasteiger partial charge in [-0.2, -0.15) is 4.98 Å². The van der Waals surface area contributed by atoms with Crippen molar-refractivity contribution in [1.29, 1.82) is 0 Å². The number of benzene rings is 1. The van der Waals surface area contributed by atoms with Gasteiger partial charge in [-0.15, -0.1) is 0 Å². The van der Waals surface area contributed by atoms with Gasteiger partial charge in [-0.05, 0) is 18.9 Å². The van der Waals surface area contributed by atoms with Crippen LogP contribution in [0, 0.1) is 5.92 Å². The highest BCUT2D eigenvalue weighted by Gasteiger charge is 2.29. The Balaban J connectivity index is 1.94. The minimum atomic E-state index is -0.549. The van der Waals surface area contributed by atoms with E-state index in [0.717, 1.165) is 12.8 Å². The topological polar surface area (TPSA) is 95.2 Å². The van der Waals surface area contributed by atoms with Gasteiger partial charge in [-0.3, -0.25) is 9.59 Å². The summed E-state index contributed by atoms with van der Waals surface area (Å²) in [6.07, 6.45) is 1.51. The van der Waals surface area contributed by atoms with Crippen molar-refractivity contribution in [3.05, 3.63) is 40.4 Å². The van der Waals surface area contributed by atoms with Crippen molar-refractivity contribution >= 4 is 22.7 Å². The van der Waals surface area contributed by atoms with E-state index in [1.807, 2.05) is 0 Å². The Morgan fingerprint density at radius 1 is 1.35 bits per heavy atom. The largest absolute Gasteiger partial charge is 0.359 e. The third-order valence-electron chi connectivity index (χ3n) is 4.17. The molecule has 0 saturated carbocycles. The highest BCUT2D eigenvalue weighted by Crippen LogP contribution is 2.20. The second kappa shape index (κ2) is 6.20. The first-order chi connectivity index (χ1) is 11.1. The molecule has 0 bridgehead atoms. The van der Waals surface area contributed by atoms with Crippen LogP contribution in [0.5, 0.6) is 0 Å². The molecule has 1 fully saturated rings. The van der Waals surface area contributed by atoms with Gasteiger partial charge in [0.15, 0.2) is 0 Å². The first-order valence-corrected chi connectivity index (χ1v) is 7.60. The fraction of sp³-hybridized carbons (Fsp3) is 0.375. The summed E-state index contributed by atoms with van der Waals surface area (Å²) in [6.45, 7) is 0.913. The molecule has 2 N–H and O–H groups in total. The quantitative estimate of drug-likeness (QED) is 0.845. The summed E-state index contributed by atoms with van der Waals surface area (Å²) in [5.41, 5.74) is 0.171. The monoisotopic (exact) mass is 314 g/mol. The average molecular weight is 314 g/mol. The number of amides is 2. The van der Waals surface area contributed by atoms with E-state index in [0.29, 0.717) is 24.0 Å². The SMILES string of the molecule is CNC(=O)C1CCCN(C(=O)c2nc(=O)[nH]c3ccccc23)C1. The second-order valence-electron chi connectivity index (χ2n) is 5.64. The van der Waals surface area contributed by atoms with Gasteiger partial charge in [0.2, 0.25) is 5.91 Å². The van der Waals surface area contributed by atoms with Gasteiger partial charge in [0.05, 0.1) is 11.4 Å². The zero-order valence-corrected chi connectivity index (χ0v) is 12.8. The number of H-pyrrole nitrogens is 1. The van der Waals surface area contributed by atoms with Crippen LogP contribution < -0.4 is 11.0 Å². The number of hydrogen-bond donors (Lipinski definition) is 2. The first kappa shape index (κ1) is 15.2. The van der Waals surface area contributed by atoms with Gasteiger partial charge in [0, 0.05) is 25.5 Å². The van der Waals surface area contributed by atoms with Crippen LogP contribution in [0.4, 0.5) is 0 Å². The number of nitrogens with one attached hydrogen (secondary N) is 2. The number of aromatic nitrogens is 2. The molecule has 2 heterocycles. The van der Waals surface area contributed by atoms with Crippen LogP contribution in [0.15, 0.2) is 29.1 Å². The van der Waals surface area contributed by atoms with Gasteiger partial charge in [-0.25, -0.2) is 4.79 Å². The Morgan fingerprint density at radius 3 is 2.91 bits per heavy atom. The van der Waals surface area contributed by atoms with Crippen molar-refractivity contribution in [2.75, 3.05) is 20.1 Å². The molecule has 1 aromatic heterocycles. The molecule has 0 radical (unpaired) electrons. The lowest BCUT2D eigenvalue weighted by Crippen LogP contribution is -2.45. The van der Waals surface area contributed by atoms with Crippen molar-refractivity contribution in [2.45, 2.75) is 12.8 Å². The van der Waals surface area contributed by atoms with Crippen LogP contribution in [0.3, 0.4) is 0 Å². The van der Waals surface area contributed by atoms with E-state index in [4.69, 9.17) is 0 Å². The molecule has 1 unspecified atom stereocenters. The molecular formula is C16H18N4O3. The number of piperidine rings is 1. The van der Waals surface area contributed by atoms with Gasteiger partial charge in [0.25, 0.3) is 5.91 Å². The molecule has 1 aliphatic heterocycles. The standard InChI is InChI=1S/C16H18N4O3/c1-17-14(21)10-5-4-8-20(9-10)15(22)13-11-6-2-3-7-12(11)18-16(23)19-13/h2-3,6-7,10H,4-5,8-9H2,1H3,(H,17,21)(H,18,19,23). The van der Waals surface area contributed by atoms with Crippen molar-refractivity contribution in [1.82, 2.24) is 20.2 Å². The van der Waals surface area contributed by atoms with Crippen molar-refractivity contribution in [3.8, 4) is 0 Å². The van der Waals surface area contributed by atoms with Crippen molar-refractivity contribution in [2.24, 2.45) is 5.92 Å². The van der Waals surface area contributed by atoms with E-state index in [-0.39, 0.29) is 23.4 Å². The van der Waals surface area contributed by atoms with Crippen molar-refractivity contribution in [3.63, 3.8) is 0 Å². The number of carbonyl (C=O) groups excluding carboxylic acids is 2. The second-order valence-corrected chi connectivity index (χ2v) is 5.64. The lowest BCUT2D eigenvalue weighted by molar-refractivity contribution is -0.125. The van der Waals surface area contributed by atoms with E-state index in [1.54, 1.807) is 36.2 Å². The third kappa shape index (κ3) is 2.94. The summed E-state index contributed by atoms with van der Waals surface area (Å²) in [5.74, 6) is -0.585. The lowest BCUT2D eigenvalue weighted by Gasteiger charge is -2.31. The minimum absolute atomic E-state index is 0.0637. The van der Waals surface area contributed by atoms with Gasteiger partial charge in [0.1, 0.15) is 5.69 Å². The first-order valence-electron chi connectivity index (χ1n) is 7.60. The number of nitrogens with zero attached hydrogens (tertiary/aromatic N) is 2. The van der Waals surface area contributed by atoms with E-state index in [9.17, 15) is 14.4 Å². The molecule has 1 saturated heterocycles. The summed E-state index contributed by atoms with van der Waals surface area (Å²) in [7, 11) is 1.59. The Morgan fingerprint density at radius 2 is 2.13 bits per heavy atom. The number of carbonyl (C=O) groups is 2. The molecule has 1 atom stereocenters. The number of para-hydroxylation sites is 1. The molecule has 1 aliphatic rings. The average Bonchev–Trinajstić information content (AvgIpc) is 2.59. The molecule has 0 spiro atoms. The molecule has 2 aromatic rings. The smallest absolute Gasteiger partial charge is 0.346 e. The van der Waals surface area contributed by atoms with Crippen LogP contribution in [0.1, 0.15) is 23.3 Å². The number of hydrogen-bond acceptors (Lipinski definition) is 4. The molecular weight excluding hydrogens is 296 g/mol. The molecule has 23 heavy (non-hydrogen) atoms. The van der Waals surface area contributed by atoms with Crippen LogP contribution in [0.2, 0.25) is 0 Å². The highest BCUT2D eigenvalue weighted by molar-refractivity contribution is 6.04. The maximum Gasteiger partial charge on any atom is 0.346 e. The van der Waals surface area contributed by atoms with Gasteiger partial charge < -0.3 is 15.2 Å². The molecule has 2 amide bonds. The normalized spacial score (nSPS) is 18.0. The van der Waals surface area contributed by atoms with E-state index in [1.165, 1.54) is 0 Å². The van der Waals surface area contributed by atoms with E-state index < -0.39 is 5.69 Å². The predicted octanol–water partition coefficient (Wildman–Crippen LogP) is 0.521. The van der Waals surface area contributed by atoms with Crippen LogP contribution in [-0.2, 0) is 4.79 Å². The predicted molar refractivity (Wildman–Crippen MR) is 85.1 cm³/mol. The fourth-order valence-corrected chi connectivity index (χ4v) is 3.00. The Labute approximate surface area is 132 Å². The summed E-state index contributed by atoms with van der Waals surface area (Å²) in [4.78, 5) is 44.4. The molecule has 3 rings (SSSR count).